The molecule has 0 spiro atoms. The first-order valence-electron chi connectivity index (χ1n) is 8.06. The van der Waals surface area contributed by atoms with Gasteiger partial charge in [-0.2, -0.15) is 21.9 Å². The summed E-state index contributed by atoms with van der Waals surface area (Å²) in [5.74, 6) is -0.528. The fourth-order valence-electron chi connectivity index (χ4n) is 2.42. The Morgan fingerprint density at radius 2 is 1.62 bits per heavy atom. The fraction of sp³-hybridized carbons (Fsp3) is 0.133. The third-order valence-electron chi connectivity index (χ3n) is 3.88. The van der Waals surface area contributed by atoms with E-state index in [1.165, 1.54) is 6.92 Å². The van der Waals surface area contributed by atoms with E-state index in [1.54, 1.807) is 0 Å². The average molecular weight is 510 g/mol. The standard InChI is InChI=1S/C15H15N2O12PS2/c1-8-4-13(11(7-29-30(20,21)22)10(6-18)15(8)19)17-16-12-3-2-9(31(23,24)25)5-14(12)32(26,27)28/h2-6,19H,7H2,1H3,(H2,20,21,22)(H,23,24,25)(H,26,27,28)/b17-16+. The van der Waals surface area contributed by atoms with Crippen LogP contribution in [-0.4, -0.2) is 47.1 Å². The minimum Gasteiger partial charge on any atom is -0.507 e. The van der Waals surface area contributed by atoms with Crippen LogP contribution in [0.2, 0.25) is 0 Å². The van der Waals surface area contributed by atoms with Gasteiger partial charge in [-0.3, -0.25) is 18.4 Å². The van der Waals surface area contributed by atoms with E-state index in [0.29, 0.717) is 6.07 Å². The Balaban J connectivity index is 2.69. The van der Waals surface area contributed by atoms with Gasteiger partial charge in [-0.25, -0.2) is 4.57 Å². The Kier molecular flexibility index (Phi) is 7.33. The molecule has 174 valence electrons. The largest absolute Gasteiger partial charge is 0.507 e. The molecule has 0 fully saturated rings. The predicted molar refractivity (Wildman–Crippen MR) is 105 cm³/mol. The van der Waals surface area contributed by atoms with Crippen LogP contribution in [0.3, 0.4) is 0 Å². The average Bonchev–Trinajstić information content (AvgIpc) is 2.65. The van der Waals surface area contributed by atoms with Gasteiger partial charge in [0.2, 0.25) is 0 Å². The van der Waals surface area contributed by atoms with Crippen LogP contribution in [0.5, 0.6) is 5.75 Å². The van der Waals surface area contributed by atoms with Crippen molar-refractivity contribution >= 4 is 45.7 Å². The summed E-state index contributed by atoms with van der Waals surface area (Å²) in [5.41, 5.74) is -1.49. The summed E-state index contributed by atoms with van der Waals surface area (Å²) in [5, 5.41) is 17.3. The van der Waals surface area contributed by atoms with Crippen LogP contribution >= 0.6 is 7.82 Å². The second-order valence-electron chi connectivity index (χ2n) is 6.11. The van der Waals surface area contributed by atoms with Crippen molar-refractivity contribution in [2.45, 2.75) is 23.3 Å². The van der Waals surface area contributed by atoms with Crippen molar-refractivity contribution in [3.8, 4) is 5.75 Å². The van der Waals surface area contributed by atoms with Gasteiger partial charge in [0, 0.05) is 5.56 Å². The van der Waals surface area contributed by atoms with Gasteiger partial charge in [0.05, 0.1) is 22.8 Å². The maximum atomic E-state index is 11.6. The lowest BCUT2D eigenvalue weighted by Crippen LogP contribution is -2.03. The number of carbonyl (C=O) groups excluding carboxylic acids is 1. The molecule has 5 N–H and O–H groups in total. The van der Waals surface area contributed by atoms with Crippen molar-refractivity contribution in [2.75, 3.05) is 0 Å². The highest BCUT2D eigenvalue weighted by atomic mass is 32.2. The molecule has 32 heavy (non-hydrogen) atoms. The molecule has 0 radical (unpaired) electrons. The second kappa shape index (κ2) is 9.13. The number of aryl methyl sites for hydroxylation is 1. The molecule has 0 amide bonds. The van der Waals surface area contributed by atoms with E-state index in [9.17, 15) is 35.9 Å². The highest BCUT2D eigenvalue weighted by molar-refractivity contribution is 7.86. The molecule has 14 nitrogen and oxygen atoms in total. The second-order valence-corrected chi connectivity index (χ2v) is 10.2. The van der Waals surface area contributed by atoms with Crippen molar-refractivity contribution in [3.05, 3.63) is 41.0 Å². The number of phosphoric acid groups is 1. The Morgan fingerprint density at radius 3 is 2.12 bits per heavy atom. The number of phenols is 1. The number of rotatable bonds is 8. The summed E-state index contributed by atoms with van der Waals surface area (Å²) < 4.78 is 79.5. The SMILES string of the molecule is Cc1cc(/N=N/c2ccc(S(=O)(=O)O)cc2S(=O)(=O)O)c(COP(=O)(O)O)c(C=O)c1O. The number of hydrogen-bond acceptors (Lipinski definition) is 10. The molecule has 0 atom stereocenters. The highest BCUT2D eigenvalue weighted by Crippen LogP contribution is 2.41. The molecule has 17 heteroatoms. The van der Waals surface area contributed by atoms with Gasteiger partial charge < -0.3 is 14.9 Å². The van der Waals surface area contributed by atoms with Crippen LogP contribution in [0.25, 0.3) is 0 Å². The smallest absolute Gasteiger partial charge is 0.469 e. The summed E-state index contributed by atoms with van der Waals surface area (Å²) in [6.45, 7) is 0.465. The van der Waals surface area contributed by atoms with E-state index < -0.39 is 61.5 Å². The van der Waals surface area contributed by atoms with Gasteiger partial charge >= 0.3 is 7.82 Å². The Bertz CT molecular complexity index is 1360. The molecule has 0 aliphatic carbocycles. The minimum absolute atomic E-state index is 0.0951. The Hall–Kier alpha value is -2.56. The van der Waals surface area contributed by atoms with Crippen molar-refractivity contribution in [2.24, 2.45) is 10.2 Å². The van der Waals surface area contributed by atoms with Crippen LogP contribution in [-0.2, 0) is 35.9 Å². The Morgan fingerprint density at radius 1 is 1.03 bits per heavy atom. The molecular formula is C15H15N2O12PS2. The number of aromatic hydroxyl groups is 1. The van der Waals surface area contributed by atoms with Crippen LogP contribution in [0.1, 0.15) is 21.5 Å². The number of phenolic OH excluding ortho intramolecular Hbond substituents is 1. The summed E-state index contributed by atoms with van der Waals surface area (Å²) >= 11 is 0. The maximum absolute atomic E-state index is 11.6. The molecule has 0 saturated carbocycles. The zero-order valence-corrected chi connectivity index (χ0v) is 18.4. The van der Waals surface area contributed by atoms with Crippen molar-refractivity contribution in [1.29, 1.82) is 0 Å². The summed E-state index contributed by atoms with van der Waals surface area (Å²) in [4.78, 5) is 27.3. The minimum atomic E-state index is -5.04. The number of nitrogens with zero attached hydrogens (tertiary/aromatic N) is 2. The van der Waals surface area contributed by atoms with Crippen LogP contribution in [0.15, 0.2) is 44.3 Å². The molecule has 0 aromatic heterocycles. The van der Waals surface area contributed by atoms with Crippen LogP contribution < -0.4 is 0 Å². The van der Waals surface area contributed by atoms with E-state index in [0.717, 1.165) is 18.2 Å². The lowest BCUT2D eigenvalue weighted by Gasteiger charge is -2.13. The van der Waals surface area contributed by atoms with E-state index in [4.69, 9.17) is 14.3 Å². The molecular weight excluding hydrogens is 495 g/mol. The zero-order chi connectivity index (χ0) is 24.5. The van der Waals surface area contributed by atoms with Gasteiger partial charge in [-0.1, -0.05) is 0 Å². The molecule has 0 unspecified atom stereocenters. The molecule has 2 aromatic rings. The maximum Gasteiger partial charge on any atom is 0.469 e. The highest BCUT2D eigenvalue weighted by Gasteiger charge is 2.23. The quantitative estimate of drug-likeness (QED) is 0.148. The van der Waals surface area contributed by atoms with E-state index in [-0.39, 0.29) is 23.1 Å². The lowest BCUT2D eigenvalue weighted by molar-refractivity contribution is 0.111. The molecule has 2 rings (SSSR count). The van der Waals surface area contributed by atoms with Gasteiger partial charge in [0.15, 0.2) is 6.29 Å². The normalized spacial score (nSPS) is 12.9. The first kappa shape index (κ1) is 25.7. The number of benzene rings is 2. The first-order valence-corrected chi connectivity index (χ1v) is 12.5. The Labute approximate surface area is 180 Å². The summed E-state index contributed by atoms with van der Waals surface area (Å²) in [6, 6.07) is 3.14. The van der Waals surface area contributed by atoms with Gasteiger partial charge in [-0.05, 0) is 36.8 Å². The van der Waals surface area contributed by atoms with E-state index in [1.807, 2.05) is 0 Å². The lowest BCUT2D eigenvalue weighted by atomic mass is 10.0. The monoisotopic (exact) mass is 510 g/mol. The van der Waals surface area contributed by atoms with Gasteiger partial charge in [-0.15, -0.1) is 5.11 Å². The molecule has 0 bridgehead atoms. The van der Waals surface area contributed by atoms with Crippen molar-refractivity contribution in [3.63, 3.8) is 0 Å². The molecule has 2 aromatic carbocycles. The molecule has 0 aliphatic rings. The van der Waals surface area contributed by atoms with Crippen LogP contribution in [0.4, 0.5) is 11.4 Å². The fourth-order valence-corrected chi connectivity index (χ4v) is 3.95. The number of carbonyl (C=O) groups is 1. The third-order valence-corrected chi connectivity index (χ3v) is 6.08. The number of aldehydes is 1. The first-order chi connectivity index (χ1) is 14.5. The topological polar surface area (TPSA) is 238 Å². The van der Waals surface area contributed by atoms with E-state index in [2.05, 4.69) is 14.8 Å². The van der Waals surface area contributed by atoms with Crippen molar-refractivity contribution in [1.82, 2.24) is 0 Å². The van der Waals surface area contributed by atoms with Gasteiger partial charge in [0.25, 0.3) is 20.2 Å². The van der Waals surface area contributed by atoms with E-state index >= 15 is 0 Å². The molecule has 0 aliphatic heterocycles. The number of hydrogen-bond donors (Lipinski definition) is 5. The predicted octanol–water partition coefficient (Wildman–Crippen LogP) is 2.03. The third kappa shape index (κ3) is 6.24. The zero-order valence-electron chi connectivity index (χ0n) is 15.8. The number of azo groups is 1. The van der Waals surface area contributed by atoms with Crippen molar-refractivity contribution < 1.29 is 54.7 Å². The van der Waals surface area contributed by atoms with Crippen LogP contribution in [0, 0.1) is 6.92 Å². The summed E-state index contributed by atoms with van der Waals surface area (Å²) in [7, 11) is -14.9. The molecule has 0 heterocycles. The van der Waals surface area contributed by atoms with Gasteiger partial charge in [0.1, 0.15) is 16.3 Å². The molecule has 0 saturated heterocycles. The number of phosphoric ester groups is 1. The summed E-state index contributed by atoms with van der Waals surface area (Å²) in [6.07, 6.45) is 0.171.